The van der Waals surface area contributed by atoms with E-state index in [4.69, 9.17) is 0 Å². The molecule has 0 amide bonds. The van der Waals surface area contributed by atoms with Gasteiger partial charge in [-0.25, -0.2) is 5.57 Å². The van der Waals surface area contributed by atoms with Crippen LogP contribution in [0.25, 0.3) is 27.1 Å². The maximum atomic E-state index is 12.2. The third-order valence-corrected chi connectivity index (χ3v) is 8.64. The number of fused-ring (bicyclic) bond motifs is 3. The minimum Gasteiger partial charge on any atom is -1.00 e. The second-order valence-electron chi connectivity index (χ2n) is 13.4. The van der Waals surface area contributed by atoms with Gasteiger partial charge in [-0.15, -0.1) is 45.3 Å². The Balaban J connectivity index is 0.000000252. The second kappa shape index (κ2) is 16.4. The van der Waals surface area contributed by atoms with Gasteiger partial charge in [-0.3, -0.25) is 6.08 Å². The van der Waals surface area contributed by atoms with Crippen molar-refractivity contribution in [2.24, 2.45) is 5.92 Å². The van der Waals surface area contributed by atoms with Crippen LogP contribution in [0.4, 0.5) is 4.39 Å². The van der Waals surface area contributed by atoms with Crippen molar-refractivity contribution in [3.8, 4) is 0 Å². The summed E-state index contributed by atoms with van der Waals surface area (Å²) in [5, 5.41) is 5.48. The maximum absolute atomic E-state index is 12.2. The molecule has 5 aromatic carbocycles. The first-order valence-electron chi connectivity index (χ1n) is 15.0. The Bertz CT molecular complexity index is 1690. The summed E-state index contributed by atoms with van der Waals surface area (Å²) in [4.78, 5) is 0. The van der Waals surface area contributed by atoms with Gasteiger partial charge in [0.1, 0.15) is 0 Å². The summed E-state index contributed by atoms with van der Waals surface area (Å²) in [6.07, 6.45) is 5.66. The molecule has 1 aliphatic carbocycles. The first-order chi connectivity index (χ1) is 20.3. The number of benzene rings is 4. The molecule has 6 rings (SSSR count). The molecular formula is C41H43Cl2FZr-2. The molecule has 0 nitrogen and oxygen atoms in total. The second-order valence-corrected chi connectivity index (χ2v) is 14.2. The zero-order chi connectivity index (χ0) is 31.4. The molecular weight excluding hydrogens is 674 g/mol. The van der Waals surface area contributed by atoms with E-state index in [1.54, 1.807) is 12.1 Å². The van der Waals surface area contributed by atoms with Crippen molar-refractivity contribution in [1.82, 2.24) is 0 Å². The van der Waals surface area contributed by atoms with E-state index in [0.29, 0.717) is 5.92 Å². The third-order valence-electron chi connectivity index (χ3n) is 7.82. The van der Waals surface area contributed by atoms with Crippen LogP contribution in [0, 0.1) is 17.8 Å². The van der Waals surface area contributed by atoms with Gasteiger partial charge >= 0.3 is 68.0 Å². The molecule has 4 heteroatoms. The molecule has 1 aliphatic rings. The number of hydrogen-bond acceptors (Lipinski definition) is 0. The Labute approximate surface area is 297 Å². The molecule has 45 heavy (non-hydrogen) atoms. The first kappa shape index (κ1) is 38.7. The zero-order valence-electron chi connectivity index (χ0n) is 27.6. The van der Waals surface area contributed by atoms with Crippen LogP contribution in [-0.2, 0) is 35.1 Å². The summed E-state index contributed by atoms with van der Waals surface area (Å²) in [5.41, 5.74) is 8.23. The van der Waals surface area contributed by atoms with Gasteiger partial charge in [0, 0.05) is 0 Å². The molecule has 0 N–H and O–H groups in total. The van der Waals surface area contributed by atoms with Crippen LogP contribution in [-0.4, -0.2) is 3.71 Å². The fraction of sp³-hybridized carbons (Fsp3) is 0.268. The minimum atomic E-state index is -0.170. The fourth-order valence-corrected chi connectivity index (χ4v) is 5.75. The van der Waals surface area contributed by atoms with Crippen molar-refractivity contribution < 1.29 is 53.4 Å². The maximum Gasteiger partial charge on any atom is -1.00 e. The van der Waals surface area contributed by atoms with Crippen molar-refractivity contribution in [1.29, 1.82) is 0 Å². The molecule has 0 saturated heterocycles. The normalized spacial score (nSPS) is 14.2. The van der Waals surface area contributed by atoms with E-state index in [-0.39, 0.29) is 41.5 Å². The quantitative estimate of drug-likeness (QED) is 0.218. The molecule has 0 aromatic heterocycles. The summed E-state index contributed by atoms with van der Waals surface area (Å²) < 4.78 is 14.2. The van der Waals surface area contributed by atoms with Crippen LogP contribution in [0.2, 0.25) is 0 Å². The Morgan fingerprint density at radius 3 is 1.62 bits per heavy atom. The molecule has 1 atom stereocenters. The van der Waals surface area contributed by atoms with Gasteiger partial charge in [-0.05, 0) is 10.8 Å². The van der Waals surface area contributed by atoms with Crippen LogP contribution in [0.1, 0.15) is 77.6 Å². The summed E-state index contributed by atoms with van der Waals surface area (Å²) >= 11 is 1.34. The van der Waals surface area contributed by atoms with Crippen molar-refractivity contribution >= 4 is 30.8 Å². The predicted octanol–water partition coefficient (Wildman–Crippen LogP) is 5.31. The van der Waals surface area contributed by atoms with Gasteiger partial charge in [0.25, 0.3) is 0 Å². The molecule has 0 heterocycles. The minimum absolute atomic E-state index is 0. The van der Waals surface area contributed by atoms with E-state index in [1.165, 1.54) is 85.7 Å². The van der Waals surface area contributed by atoms with Gasteiger partial charge in [-0.2, -0.15) is 11.6 Å². The van der Waals surface area contributed by atoms with Gasteiger partial charge in [0.05, 0.1) is 0 Å². The Morgan fingerprint density at radius 1 is 0.733 bits per heavy atom. The smallest absolute Gasteiger partial charge is 1.00 e. The zero-order valence-corrected chi connectivity index (χ0v) is 31.6. The van der Waals surface area contributed by atoms with Crippen molar-refractivity contribution in [2.75, 3.05) is 0 Å². The predicted molar refractivity (Wildman–Crippen MR) is 182 cm³/mol. The van der Waals surface area contributed by atoms with Gasteiger partial charge in [0.2, 0.25) is 0 Å². The van der Waals surface area contributed by atoms with E-state index in [2.05, 4.69) is 134 Å². The molecule has 5 aromatic rings. The number of hydrogen-bond donors (Lipinski definition) is 0. The van der Waals surface area contributed by atoms with Crippen molar-refractivity contribution in [2.45, 2.75) is 66.2 Å². The molecule has 234 valence electrons. The van der Waals surface area contributed by atoms with Gasteiger partial charge < -0.3 is 24.8 Å². The Hall–Kier alpha value is -2.51. The van der Waals surface area contributed by atoms with E-state index in [0.717, 1.165) is 5.56 Å². The van der Waals surface area contributed by atoms with Crippen molar-refractivity contribution in [3.63, 3.8) is 0 Å². The molecule has 0 fully saturated rings. The molecule has 0 saturated carbocycles. The van der Waals surface area contributed by atoms with Crippen LogP contribution < -0.4 is 24.8 Å². The van der Waals surface area contributed by atoms with E-state index < -0.39 is 0 Å². The van der Waals surface area contributed by atoms with Gasteiger partial charge in [-0.1, -0.05) is 127 Å². The monoisotopic (exact) mass is 714 g/mol. The molecule has 1 unspecified atom stereocenters. The molecule has 0 spiro atoms. The van der Waals surface area contributed by atoms with Crippen LogP contribution in [0.5, 0.6) is 0 Å². The van der Waals surface area contributed by atoms with E-state index in [1.807, 2.05) is 9.78 Å². The Morgan fingerprint density at radius 2 is 1.22 bits per heavy atom. The van der Waals surface area contributed by atoms with Crippen LogP contribution in [0.15, 0.2) is 109 Å². The summed E-state index contributed by atoms with van der Waals surface area (Å²) in [7, 11) is 0. The topological polar surface area (TPSA) is 0 Å². The summed E-state index contributed by atoms with van der Waals surface area (Å²) in [5.74, 6) is 0.298. The SMILES string of the molecule is CC(C)(C)c1ccc2c(c1)[cH-]c1cc(C(C)(C)C)ccc12.CC1=[C-]C(C)C=C1c1ccccc1.Fc1ccc([CH]=[Zr+2])cc1.[Cl-].[Cl-]. The third kappa shape index (κ3) is 10.2. The van der Waals surface area contributed by atoms with Crippen LogP contribution in [0.3, 0.4) is 0 Å². The van der Waals surface area contributed by atoms with Crippen molar-refractivity contribution in [3.05, 3.63) is 143 Å². The average molecular weight is 717 g/mol. The number of allylic oxidation sites excluding steroid dienone is 4. The fourth-order valence-electron chi connectivity index (χ4n) is 5.28. The number of halogens is 3. The molecule has 0 aliphatic heterocycles. The first-order valence-corrected chi connectivity index (χ1v) is 16.5. The molecule has 0 radical (unpaired) electrons. The molecule has 0 bridgehead atoms. The Kier molecular flexibility index (Phi) is 14.1. The average Bonchev–Trinajstić information content (AvgIpc) is 3.51. The number of rotatable bonds is 2. The standard InChI is InChI=1S/C21H25.C13H13.C7H5F.2ClH.Zr/c1-20(2,3)16-7-9-18-14(12-16)11-15-13-17(21(4,5)6)8-10-19(15)18;1-10-8-11(2)13(9-10)12-6-4-3-5-7-12;1-6-2-4-7(8)5-3-6;;;/h7-13H,1-6H3;3-7,9-10H,1-2H3;1-5H;2*1H;/q2*-1;;;;+2/p-2. The largest absolute Gasteiger partial charge is 1.00 e. The van der Waals surface area contributed by atoms with Gasteiger partial charge in [0.15, 0.2) is 0 Å². The van der Waals surface area contributed by atoms with Crippen LogP contribution >= 0.6 is 0 Å². The van der Waals surface area contributed by atoms with E-state index >= 15 is 0 Å². The summed E-state index contributed by atoms with van der Waals surface area (Å²) in [6.45, 7) is 17.9. The van der Waals surface area contributed by atoms with E-state index in [9.17, 15) is 4.39 Å². The summed E-state index contributed by atoms with van der Waals surface area (Å²) in [6, 6.07) is 33.1.